The number of methoxy groups -OCH3 is 1. The minimum absolute atomic E-state index is 0.0693. The summed E-state index contributed by atoms with van der Waals surface area (Å²) in [6.07, 6.45) is 10.8. The number of hydrogen-bond donors (Lipinski definition) is 0. The summed E-state index contributed by atoms with van der Waals surface area (Å²) in [5.74, 6) is 3.42. The highest BCUT2D eigenvalue weighted by molar-refractivity contribution is 5.78. The van der Waals surface area contributed by atoms with E-state index in [4.69, 9.17) is 4.74 Å². The number of carbonyl (C=O) groups is 1. The van der Waals surface area contributed by atoms with Crippen LogP contribution in [0.3, 0.4) is 0 Å². The summed E-state index contributed by atoms with van der Waals surface area (Å²) >= 11 is 0. The number of allylic oxidation sites excluding steroid dienone is 1. The van der Waals surface area contributed by atoms with Gasteiger partial charge in [0.15, 0.2) is 0 Å². The fraction of sp³-hybridized carbons (Fsp3) is 0.871. The molecule has 0 radical (unpaired) electrons. The molecule has 4 aliphatic rings. The van der Waals surface area contributed by atoms with Crippen molar-refractivity contribution in [2.24, 2.45) is 57.2 Å². The number of nitriles is 1. The summed E-state index contributed by atoms with van der Waals surface area (Å²) in [6, 6.07) is 2.46. The van der Waals surface area contributed by atoms with E-state index in [2.05, 4.69) is 54.2 Å². The molecule has 0 amide bonds. The molecule has 0 bridgehead atoms. The third-order valence-electron chi connectivity index (χ3n) is 12.6. The smallest absolute Gasteiger partial charge is 0.312 e. The minimum Gasteiger partial charge on any atom is -0.469 e. The van der Waals surface area contributed by atoms with Gasteiger partial charge in [-0.2, -0.15) is 5.26 Å². The SMILES string of the molecule is C=C(C)[C@@H]1CC[C@]2(C)[C@H](CC[C@@H]3[C@@H]4[C@H](C(C)C)CC[C@]4(C(=O)OC)CC[C@]32C)[C@]1(C)CCC#N. The number of carbonyl (C=O) groups excluding carboxylic acids is 1. The Morgan fingerprint density at radius 3 is 2.35 bits per heavy atom. The molecule has 0 saturated heterocycles. The number of fused-ring (bicyclic) bond motifs is 5. The highest BCUT2D eigenvalue weighted by Gasteiger charge is 2.70. The zero-order chi connectivity index (χ0) is 25.1. The lowest BCUT2D eigenvalue weighted by molar-refractivity contribution is -0.222. The van der Waals surface area contributed by atoms with Crippen LogP contribution in [0, 0.1) is 68.5 Å². The van der Waals surface area contributed by atoms with Crippen LogP contribution in [0.4, 0.5) is 0 Å². The third-order valence-corrected chi connectivity index (χ3v) is 12.6. The first-order chi connectivity index (χ1) is 15.9. The minimum atomic E-state index is -0.268. The Kier molecular flexibility index (Phi) is 6.58. The van der Waals surface area contributed by atoms with Gasteiger partial charge in [-0.05, 0) is 116 Å². The molecule has 4 rings (SSSR count). The summed E-state index contributed by atoms with van der Waals surface area (Å²) in [7, 11) is 1.60. The van der Waals surface area contributed by atoms with Crippen molar-refractivity contribution in [2.75, 3.05) is 7.11 Å². The molecule has 9 atom stereocenters. The Balaban J connectivity index is 1.78. The van der Waals surface area contributed by atoms with Crippen LogP contribution in [0.15, 0.2) is 12.2 Å². The quantitative estimate of drug-likeness (QED) is 0.304. The first-order valence-corrected chi connectivity index (χ1v) is 14.0. The average Bonchev–Trinajstić information content (AvgIpc) is 3.19. The maximum absolute atomic E-state index is 13.4. The average molecular weight is 468 g/mol. The van der Waals surface area contributed by atoms with Crippen LogP contribution in [-0.4, -0.2) is 13.1 Å². The van der Waals surface area contributed by atoms with Gasteiger partial charge in [-0.3, -0.25) is 4.79 Å². The van der Waals surface area contributed by atoms with E-state index in [-0.39, 0.29) is 27.6 Å². The fourth-order valence-corrected chi connectivity index (χ4v) is 10.8. The molecular weight excluding hydrogens is 418 g/mol. The van der Waals surface area contributed by atoms with E-state index in [0.29, 0.717) is 41.9 Å². The Hall–Kier alpha value is -1.30. The van der Waals surface area contributed by atoms with Gasteiger partial charge in [-0.25, -0.2) is 0 Å². The molecule has 0 heterocycles. The molecular formula is C31H49NO2. The van der Waals surface area contributed by atoms with E-state index >= 15 is 0 Å². The van der Waals surface area contributed by atoms with E-state index in [1.165, 1.54) is 37.7 Å². The number of nitrogens with zero attached hydrogens (tertiary/aromatic N) is 1. The van der Waals surface area contributed by atoms with E-state index in [1.54, 1.807) is 7.11 Å². The molecule has 3 nitrogen and oxygen atoms in total. The van der Waals surface area contributed by atoms with Crippen LogP contribution in [0.25, 0.3) is 0 Å². The van der Waals surface area contributed by atoms with Crippen molar-refractivity contribution < 1.29 is 9.53 Å². The number of hydrogen-bond acceptors (Lipinski definition) is 3. The van der Waals surface area contributed by atoms with E-state index in [0.717, 1.165) is 25.7 Å². The fourth-order valence-electron chi connectivity index (χ4n) is 10.8. The highest BCUT2D eigenvalue weighted by Crippen LogP contribution is 2.76. The van der Waals surface area contributed by atoms with E-state index in [9.17, 15) is 10.1 Å². The van der Waals surface area contributed by atoms with Crippen LogP contribution in [0.5, 0.6) is 0 Å². The monoisotopic (exact) mass is 467 g/mol. The molecule has 0 N–H and O–H groups in total. The Labute approximate surface area is 209 Å². The largest absolute Gasteiger partial charge is 0.469 e. The summed E-state index contributed by atoms with van der Waals surface area (Å²) in [4.78, 5) is 13.4. The van der Waals surface area contributed by atoms with Crippen molar-refractivity contribution in [1.82, 2.24) is 0 Å². The third kappa shape index (κ3) is 3.29. The van der Waals surface area contributed by atoms with Gasteiger partial charge in [0.05, 0.1) is 18.6 Å². The van der Waals surface area contributed by atoms with Crippen molar-refractivity contribution in [1.29, 1.82) is 5.26 Å². The molecule has 0 aromatic heterocycles. The molecule has 0 spiro atoms. The van der Waals surface area contributed by atoms with Crippen LogP contribution in [-0.2, 0) is 9.53 Å². The lowest BCUT2D eigenvalue weighted by Crippen LogP contribution is -2.64. The van der Waals surface area contributed by atoms with Crippen molar-refractivity contribution in [2.45, 2.75) is 106 Å². The first-order valence-electron chi connectivity index (χ1n) is 14.0. The van der Waals surface area contributed by atoms with Crippen LogP contribution in [0.1, 0.15) is 106 Å². The number of rotatable bonds is 5. The summed E-state index contributed by atoms with van der Waals surface area (Å²) < 4.78 is 5.51. The van der Waals surface area contributed by atoms with Crippen molar-refractivity contribution in [3.05, 3.63) is 12.2 Å². The molecule has 0 aromatic carbocycles. The lowest BCUT2D eigenvalue weighted by atomic mass is 9.34. The second-order valence-corrected chi connectivity index (χ2v) is 13.8. The molecule has 4 aliphatic carbocycles. The summed E-state index contributed by atoms with van der Waals surface area (Å²) in [5.41, 5.74) is 1.63. The normalized spacial score (nSPS) is 47.8. The van der Waals surface area contributed by atoms with Crippen LogP contribution >= 0.6 is 0 Å². The lowest BCUT2D eigenvalue weighted by Gasteiger charge is -2.70. The zero-order valence-electron chi connectivity index (χ0n) is 23.0. The molecule has 4 saturated carbocycles. The van der Waals surface area contributed by atoms with Crippen LogP contribution < -0.4 is 0 Å². The van der Waals surface area contributed by atoms with Gasteiger partial charge < -0.3 is 4.74 Å². The zero-order valence-corrected chi connectivity index (χ0v) is 23.0. The summed E-state index contributed by atoms with van der Waals surface area (Å²) in [6.45, 7) is 19.1. The molecule has 0 unspecified atom stereocenters. The van der Waals surface area contributed by atoms with Crippen molar-refractivity contribution >= 4 is 5.97 Å². The van der Waals surface area contributed by atoms with Gasteiger partial charge in [-0.1, -0.05) is 46.8 Å². The number of ether oxygens (including phenoxy) is 1. The van der Waals surface area contributed by atoms with Crippen molar-refractivity contribution in [3.63, 3.8) is 0 Å². The van der Waals surface area contributed by atoms with Gasteiger partial charge >= 0.3 is 5.97 Å². The Morgan fingerprint density at radius 1 is 1.06 bits per heavy atom. The second kappa shape index (κ2) is 8.67. The topological polar surface area (TPSA) is 50.1 Å². The predicted molar refractivity (Wildman–Crippen MR) is 138 cm³/mol. The number of esters is 1. The molecule has 3 heteroatoms. The van der Waals surface area contributed by atoms with Crippen LogP contribution in [0.2, 0.25) is 0 Å². The first kappa shape index (κ1) is 25.8. The Morgan fingerprint density at radius 2 is 1.76 bits per heavy atom. The van der Waals surface area contributed by atoms with Crippen molar-refractivity contribution in [3.8, 4) is 6.07 Å². The maximum atomic E-state index is 13.4. The predicted octanol–water partition coefficient (Wildman–Crippen LogP) is 7.96. The molecule has 4 fully saturated rings. The Bertz CT molecular complexity index is 871. The maximum Gasteiger partial charge on any atom is 0.312 e. The van der Waals surface area contributed by atoms with Gasteiger partial charge in [-0.15, -0.1) is 0 Å². The van der Waals surface area contributed by atoms with E-state index in [1.807, 2.05) is 0 Å². The standard InChI is InChI=1S/C31H49NO2/c1-20(2)22-12-16-31(27(33)34-8)18-17-29(6)24(26(22)31)10-11-25-28(5,14-9-19-32)23(21(3)4)13-15-30(25,29)7/h20,22-26H,3,9-18H2,1-2,4-8H3/t22-,23-,24+,25+,26-,28+,29+,30+,31-/m0/s1. The molecule has 0 aliphatic heterocycles. The molecule has 0 aromatic rings. The van der Waals surface area contributed by atoms with Gasteiger partial charge in [0.2, 0.25) is 0 Å². The second-order valence-electron chi connectivity index (χ2n) is 13.8. The molecule has 34 heavy (non-hydrogen) atoms. The van der Waals surface area contributed by atoms with E-state index < -0.39 is 0 Å². The molecule has 190 valence electrons. The summed E-state index contributed by atoms with van der Waals surface area (Å²) in [5, 5.41) is 9.51. The van der Waals surface area contributed by atoms with Gasteiger partial charge in [0, 0.05) is 6.42 Å². The highest BCUT2D eigenvalue weighted by atomic mass is 16.5. The van der Waals surface area contributed by atoms with Gasteiger partial charge in [0.1, 0.15) is 0 Å². The van der Waals surface area contributed by atoms with Gasteiger partial charge in [0.25, 0.3) is 0 Å².